The Labute approximate surface area is 129 Å². The molecule has 1 aliphatic heterocycles. The van der Waals surface area contributed by atoms with Crippen molar-refractivity contribution < 1.29 is 4.79 Å². The number of piperazine rings is 1. The number of carbonyl (C=O) groups is 1. The van der Waals surface area contributed by atoms with Gasteiger partial charge in [0.1, 0.15) is 0 Å². The third kappa shape index (κ3) is 3.85. The van der Waals surface area contributed by atoms with Gasteiger partial charge in [-0.25, -0.2) is 0 Å². The zero-order valence-corrected chi connectivity index (χ0v) is 13.1. The molecule has 110 valence electrons. The Morgan fingerprint density at radius 3 is 2.70 bits per heavy atom. The average Bonchev–Trinajstić information content (AvgIpc) is 2.38. The Morgan fingerprint density at radius 1 is 1.40 bits per heavy atom. The van der Waals surface area contributed by atoms with E-state index in [2.05, 4.69) is 29.4 Å². The van der Waals surface area contributed by atoms with Crippen LogP contribution in [0.1, 0.15) is 13.8 Å². The molecule has 0 spiro atoms. The summed E-state index contributed by atoms with van der Waals surface area (Å²) in [6.07, 6.45) is 0. The van der Waals surface area contributed by atoms with Crippen LogP contribution in [0, 0.1) is 0 Å². The molecular formula is C14H19Cl2N3O. The van der Waals surface area contributed by atoms with E-state index in [0.29, 0.717) is 34.4 Å². The molecular weight excluding hydrogens is 297 g/mol. The molecule has 1 amide bonds. The van der Waals surface area contributed by atoms with Crippen molar-refractivity contribution >= 4 is 34.8 Å². The molecule has 1 saturated heterocycles. The molecule has 1 fully saturated rings. The lowest BCUT2D eigenvalue weighted by molar-refractivity contribution is -0.118. The van der Waals surface area contributed by atoms with Crippen LogP contribution in [0.15, 0.2) is 18.2 Å². The van der Waals surface area contributed by atoms with Gasteiger partial charge in [0.15, 0.2) is 0 Å². The van der Waals surface area contributed by atoms with Crippen LogP contribution in [0.25, 0.3) is 0 Å². The van der Waals surface area contributed by atoms with Crippen LogP contribution in [-0.4, -0.2) is 42.5 Å². The normalized spacial score (nSPS) is 23.6. The molecule has 1 heterocycles. The highest BCUT2D eigenvalue weighted by atomic mass is 35.5. The standard InChI is InChI=1S/C14H19Cl2N3O/c1-9-7-19(10(2)6-17-9)8-13(20)18-14-11(15)4-3-5-12(14)16/h3-5,9-10,17H,6-8H2,1-2H3,(H,18,20). The van der Waals surface area contributed by atoms with E-state index in [1.54, 1.807) is 18.2 Å². The highest BCUT2D eigenvalue weighted by Crippen LogP contribution is 2.29. The summed E-state index contributed by atoms with van der Waals surface area (Å²) in [6.45, 7) is 6.30. The number of benzene rings is 1. The largest absolute Gasteiger partial charge is 0.322 e. The highest BCUT2D eigenvalue weighted by Gasteiger charge is 2.24. The SMILES string of the molecule is CC1CN(CC(=O)Nc2c(Cl)cccc2Cl)C(C)CN1. The zero-order chi connectivity index (χ0) is 14.7. The number of halogens is 2. The fourth-order valence-corrected chi connectivity index (χ4v) is 2.79. The maximum absolute atomic E-state index is 12.1. The number of carbonyl (C=O) groups excluding carboxylic acids is 1. The van der Waals surface area contributed by atoms with E-state index in [-0.39, 0.29) is 5.91 Å². The van der Waals surface area contributed by atoms with Gasteiger partial charge in [0.05, 0.1) is 22.3 Å². The van der Waals surface area contributed by atoms with Crippen molar-refractivity contribution in [2.45, 2.75) is 25.9 Å². The Kier molecular flexibility index (Phi) is 5.27. The molecule has 0 saturated carbocycles. The van der Waals surface area contributed by atoms with Gasteiger partial charge in [0.2, 0.25) is 5.91 Å². The summed E-state index contributed by atoms with van der Waals surface area (Å²) >= 11 is 12.1. The van der Waals surface area contributed by atoms with E-state index in [1.807, 2.05) is 0 Å². The minimum Gasteiger partial charge on any atom is -0.322 e. The van der Waals surface area contributed by atoms with E-state index in [0.717, 1.165) is 13.1 Å². The first-order chi connectivity index (χ1) is 9.47. The van der Waals surface area contributed by atoms with Gasteiger partial charge in [0.25, 0.3) is 0 Å². The first-order valence-corrected chi connectivity index (χ1v) is 7.44. The van der Waals surface area contributed by atoms with Gasteiger partial charge in [-0.15, -0.1) is 0 Å². The second-order valence-electron chi connectivity index (χ2n) is 5.23. The quantitative estimate of drug-likeness (QED) is 0.901. The third-order valence-electron chi connectivity index (χ3n) is 3.47. The summed E-state index contributed by atoms with van der Waals surface area (Å²) < 4.78 is 0. The molecule has 6 heteroatoms. The lowest BCUT2D eigenvalue weighted by atomic mass is 10.1. The molecule has 20 heavy (non-hydrogen) atoms. The van der Waals surface area contributed by atoms with E-state index >= 15 is 0 Å². The van der Waals surface area contributed by atoms with Crippen molar-refractivity contribution in [3.63, 3.8) is 0 Å². The van der Waals surface area contributed by atoms with Crippen molar-refractivity contribution in [3.05, 3.63) is 28.2 Å². The second kappa shape index (κ2) is 6.76. The Morgan fingerprint density at radius 2 is 2.05 bits per heavy atom. The van der Waals surface area contributed by atoms with E-state index in [4.69, 9.17) is 23.2 Å². The van der Waals surface area contributed by atoms with Gasteiger partial charge in [-0.3, -0.25) is 9.69 Å². The van der Waals surface area contributed by atoms with Crippen LogP contribution in [0.5, 0.6) is 0 Å². The first kappa shape index (κ1) is 15.6. The van der Waals surface area contributed by atoms with Crippen LogP contribution in [0.2, 0.25) is 10.0 Å². The zero-order valence-electron chi connectivity index (χ0n) is 11.6. The van der Waals surface area contributed by atoms with Crippen molar-refractivity contribution in [3.8, 4) is 0 Å². The monoisotopic (exact) mass is 315 g/mol. The maximum atomic E-state index is 12.1. The summed E-state index contributed by atoms with van der Waals surface area (Å²) in [6, 6.07) is 5.89. The van der Waals surface area contributed by atoms with Gasteiger partial charge in [-0.05, 0) is 26.0 Å². The van der Waals surface area contributed by atoms with Gasteiger partial charge < -0.3 is 10.6 Å². The minimum absolute atomic E-state index is 0.0963. The minimum atomic E-state index is -0.0963. The highest BCUT2D eigenvalue weighted by molar-refractivity contribution is 6.39. The van der Waals surface area contributed by atoms with Gasteiger partial charge in [-0.2, -0.15) is 0 Å². The first-order valence-electron chi connectivity index (χ1n) is 6.68. The van der Waals surface area contributed by atoms with E-state index in [9.17, 15) is 4.79 Å². The number of nitrogens with one attached hydrogen (secondary N) is 2. The lowest BCUT2D eigenvalue weighted by Gasteiger charge is -2.36. The van der Waals surface area contributed by atoms with Gasteiger partial charge >= 0.3 is 0 Å². The summed E-state index contributed by atoms with van der Waals surface area (Å²) in [4.78, 5) is 14.3. The third-order valence-corrected chi connectivity index (χ3v) is 4.10. The van der Waals surface area contributed by atoms with Crippen molar-refractivity contribution in [2.75, 3.05) is 25.0 Å². The molecule has 1 aromatic rings. The average molecular weight is 316 g/mol. The molecule has 2 unspecified atom stereocenters. The van der Waals surface area contributed by atoms with Gasteiger partial charge in [-0.1, -0.05) is 29.3 Å². The topological polar surface area (TPSA) is 44.4 Å². The van der Waals surface area contributed by atoms with E-state index < -0.39 is 0 Å². The summed E-state index contributed by atoms with van der Waals surface area (Å²) in [7, 11) is 0. The summed E-state index contributed by atoms with van der Waals surface area (Å²) in [5.74, 6) is -0.0963. The number of nitrogens with zero attached hydrogens (tertiary/aromatic N) is 1. The molecule has 2 rings (SSSR count). The van der Waals surface area contributed by atoms with Crippen molar-refractivity contribution in [2.24, 2.45) is 0 Å². The summed E-state index contributed by atoms with van der Waals surface area (Å²) in [5, 5.41) is 7.09. The summed E-state index contributed by atoms with van der Waals surface area (Å²) in [5.41, 5.74) is 0.483. The Hall–Kier alpha value is -0.810. The van der Waals surface area contributed by atoms with Crippen molar-refractivity contribution in [1.29, 1.82) is 0 Å². The Bertz CT molecular complexity index is 475. The molecule has 0 radical (unpaired) electrons. The van der Waals surface area contributed by atoms with E-state index in [1.165, 1.54) is 0 Å². The Balaban J connectivity index is 1.98. The molecule has 0 bridgehead atoms. The van der Waals surface area contributed by atoms with Crippen LogP contribution in [0.4, 0.5) is 5.69 Å². The fourth-order valence-electron chi connectivity index (χ4n) is 2.30. The fraction of sp³-hybridized carbons (Fsp3) is 0.500. The molecule has 1 aromatic carbocycles. The van der Waals surface area contributed by atoms with Gasteiger partial charge in [0, 0.05) is 25.2 Å². The second-order valence-corrected chi connectivity index (χ2v) is 6.05. The molecule has 2 atom stereocenters. The number of para-hydroxylation sites is 1. The van der Waals surface area contributed by atoms with Crippen LogP contribution < -0.4 is 10.6 Å². The maximum Gasteiger partial charge on any atom is 0.238 e. The smallest absolute Gasteiger partial charge is 0.238 e. The number of anilines is 1. The molecule has 0 aromatic heterocycles. The number of hydrogen-bond donors (Lipinski definition) is 2. The molecule has 0 aliphatic carbocycles. The predicted octanol–water partition coefficient (Wildman–Crippen LogP) is 2.61. The number of hydrogen-bond acceptors (Lipinski definition) is 3. The van der Waals surface area contributed by atoms with Crippen LogP contribution in [0.3, 0.4) is 0 Å². The van der Waals surface area contributed by atoms with Crippen molar-refractivity contribution in [1.82, 2.24) is 10.2 Å². The van der Waals surface area contributed by atoms with Crippen LogP contribution in [-0.2, 0) is 4.79 Å². The predicted molar refractivity (Wildman–Crippen MR) is 83.6 cm³/mol. The number of amides is 1. The molecule has 2 N–H and O–H groups in total. The number of rotatable bonds is 3. The van der Waals surface area contributed by atoms with Crippen LogP contribution >= 0.6 is 23.2 Å². The molecule has 1 aliphatic rings. The lowest BCUT2D eigenvalue weighted by Crippen LogP contribution is -2.55. The molecule has 4 nitrogen and oxygen atoms in total.